The van der Waals surface area contributed by atoms with E-state index in [4.69, 9.17) is 5.73 Å². The number of aliphatic hydroxyl groups is 1. The Balaban J connectivity index is 1.72. The lowest BCUT2D eigenvalue weighted by Gasteiger charge is -2.31. The van der Waals surface area contributed by atoms with E-state index < -0.39 is 30.1 Å². The number of hydrogen-bond donors (Lipinski definition) is 3. The minimum Gasteiger partial charge on any atom is -0.375 e. The molecule has 1 aliphatic heterocycles. The summed E-state index contributed by atoms with van der Waals surface area (Å²) < 4.78 is 55.4. The smallest absolute Gasteiger partial charge is 0.375 e. The summed E-state index contributed by atoms with van der Waals surface area (Å²) in [6.45, 7) is 1.67. The molecular weight excluding hydrogens is 480 g/mol. The lowest BCUT2D eigenvalue weighted by atomic mass is 9.94. The number of hydrogen-bond acceptors (Lipinski definition) is 7. The van der Waals surface area contributed by atoms with Gasteiger partial charge in [0.2, 0.25) is 11.5 Å². The first-order valence-electron chi connectivity index (χ1n) is 11.1. The van der Waals surface area contributed by atoms with Gasteiger partial charge in [0, 0.05) is 30.4 Å². The summed E-state index contributed by atoms with van der Waals surface area (Å²) >= 11 is 0. The van der Waals surface area contributed by atoms with Crippen LogP contribution in [0.25, 0.3) is 22.0 Å². The van der Waals surface area contributed by atoms with Crippen molar-refractivity contribution in [2.75, 3.05) is 7.05 Å². The molecule has 0 unspecified atom stereocenters. The highest BCUT2D eigenvalue weighted by Gasteiger charge is 2.57. The first kappa shape index (κ1) is 25.3. The molecule has 2 aromatic heterocycles. The number of alkyl halides is 3. The Morgan fingerprint density at radius 1 is 1.19 bits per heavy atom. The van der Waals surface area contributed by atoms with E-state index in [1.807, 2.05) is 0 Å². The van der Waals surface area contributed by atoms with Gasteiger partial charge in [0.05, 0.1) is 17.8 Å². The minimum absolute atomic E-state index is 0.0742. The molecule has 0 fully saturated rings. The van der Waals surface area contributed by atoms with Gasteiger partial charge in [-0.05, 0) is 41.8 Å². The van der Waals surface area contributed by atoms with Crippen molar-refractivity contribution < 1.29 is 27.5 Å². The fourth-order valence-electron chi connectivity index (χ4n) is 4.14. The molecule has 0 saturated heterocycles. The third-order valence-electron chi connectivity index (χ3n) is 5.99. The molecule has 3 aromatic rings. The molecule has 190 valence electrons. The Kier molecular flexibility index (Phi) is 6.58. The number of aromatic nitrogens is 2. The van der Waals surface area contributed by atoms with Crippen LogP contribution < -0.4 is 11.2 Å². The van der Waals surface area contributed by atoms with Crippen LogP contribution in [-0.4, -0.2) is 49.9 Å². The van der Waals surface area contributed by atoms with E-state index in [9.17, 15) is 27.5 Å². The molecule has 3 heterocycles. The van der Waals surface area contributed by atoms with Crippen molar-refractivity contribution in [3.05, 3.63) is 71.7 Å². The number of fused-ring (bicyclic) bond motifs is 1. The van der Waals surface area contributed by atoms with Crippen LogP contribution in [0.15, 0.2) is 54.5 Å². The van der Waals surface area contributed by atoms with E-state index in [1.54, 1.807) is 31.2 Å². The summed E-state index contributed by atoms with van der Waals surface area (Å²) in [7, 11) is 1.51. The molecule has 12 heteroatoms. The van der Waals surface area contributed by atoms with E-state index in [1.165, 1.54) is 41.7 Å². The second-order valence-electron chi connectivity index (χ2n) is 8.50. The molecular formula is C24H24F4N6O2. The van der Waals surface area contributed by atoms with Crippen molar-refractivity contribution in [1.82, 2.24) is 25.5 Å². The molecule has 8 nitrogen and oxygen atoms in total. The number of amides is 1. The quantitative estimate of drug-likeness (QED) is 0.333. The number of rotatable bonds is 7. The largest absolute Gasteiger partial charge is 0.422 e. The molecule has 1 aliphatic rings. The molecule has 0 spiro atoms. The lowest BCUT2D eigenvalue weighted by Crippen LogP contribution is -2.51. The number of carbonyl (C=O) groups is 1. The second kappa shape index (κ2) is 9.36. The number of nitrogens with one attached hydrogen (secondary N) is 1. The van der Waals surface area contributed by atoms with Crippen LogP contribution >= 0.6 is 0 Å². The molecule has 1 aromatic carbocycles. The molecule has 0 bridgehead atoms. The molecule has 0 aliphatic carbocycles. The van der Waals surface area contributed by atoms with Gasteiger partial charge in [-0.15, -0.1) is 5.12 Å². The zero-order valence-corrected chi connectivity index (χ0v) is 19.5. The van der Waals surface area contributed by atoms with Gasteiger partial charge in [-0.3, -0.25) is 9.80 Å². The van der Waals surface area contributed by atoms with Crippen LogP contribution in [0.3, 0.4) is 0 Å². The highest BCUT2D eigenvalue weighted by atomic mass is 19.4. The maximum absolute atomic E-state index is 14.4. The van der Waals surface area contributed by atoms with Gasteiger partial charge in [0.1, 0.15) is 5.69 Å². The van der Waals surface area contributed by atoms with Gasteiger partial charge in [-0.25, -0.2) is 9.97 Å². The highest BCUT2D eigenvalue weighted by Crippen LogP contribution is 2.40. The fourth-order valence-corrected chi connectivity index (χ4v) is 4.14. The predicted molar refractivity (Wildman–Crippen MR) is 124 cm³/mol. The van der Waals surface area contributed by atoms with Crippen LogP contribution in [0.5, 0.6) is 0 Å². The normalized spacial score (nSPS) is 16.1. The van der Waals surface area contributed by atoms with E-state index in [0.717, 1.165) is 0 Å². The third kappa shape index (κ3) is 4.56. The standard InChI is InChI=1S/C24H24F4N6O2/c1-3-8-23(36,24(26,27)28)20-13-34(33(2)32-20)12-14-6-7-15-17(16-5-4-9-30-21(16)25)11-19(22(29)35)31-18(15)10-14/h4-7,9-11,13,32,36H,3,8,12H2,1-2H3,(H2,29,35)/t23-/m0/s1. The van der Waals surface area contributed by atoms with Gasteiger partial charge in [-0.1, -0.05) is 25.5 Å². The van der Waals surface area contributed by atoms with Gasteiger partial charge in [-0.2, -0.15) is 17.6 Å². The average molecular weight is 504 g/mol. The van der Waals surface area contributed by atoms with Crippen LogP contribution in [-0.2, 0) is 6.54 Å². The Bertz CT molecular complexity index is 1350. The lowest BCUT2D eigenvalue weighted by molar-refractivity contribution is -0.249. The summed E-state index contributed by atoms with van der Waals surface area (Å²) in [6, 6.07) is 9.51. The molecule has 0 radical (unpaired) electrons. The van der Waals surface area contributed by atoms with Crippen molar-refractivity contribution in [3.8, 4) is 11.1 Å². The maximum atomic E-state index is 14.4. The van der Waals surface area contributed by atoms with Crippen molar-refractivity contribution >= 4 is 16.8 Å². The van der Waals surface area contributed by atoms with Crippen LogP contribution in [0.2, 0.25) is 0 Å². The Morgan fingerprint density at radius 2 is 1.94 bits per heavy atom. The summed E-state index contributed by atoms with van der Waals surface area (Å²) in [6.07, 6.45) is -2.73. The number of carbonyl (C=O) groups excluding carboxylic acids is 1. The number of nitrogens with zero attached hydrogens (tertiary/aromatic N) is 4. The maximum Gasteiger partial charge on any atom is 0.422 e. The Hall–Kier alpha value is -3.77. The van der Waals surface area contributed by atoms with Gasteiger partial charge < -0.3 is 16.3 Å². The SMILES string of the molecule is CCC[C@](O)(C1=CN(Cc2ccc3c(-c4cccnc4F)cc(C(N)=O)nc3c2)N(C)N1)C(F)(F)F. The summed E-state index contributed by atoms with van der Waals surface area (Å²) in [5, 5.41) is 13.8. The highest BCUT2D eigenvalue weighted by molar-refractivity contribution is 6.00. The van der Waals surface area contributed by atoms with Gasteiger partial charge in [0.25, 0.3) is 5.91 Å². The van der Waals surface area contributed by atoms with Crippen LogP contribution in [0.1, 0.15) is 35.8 Å². The molecule has 0 saturated carbocycles. The van der Waals surface area contributed by atoms with Crippen LogP contribution in [0.4, 0.5) is 17.6 Å². The van der Waals surface area contributed by atoms with Crippen LogP contribution in [0, 0.1) is 5.95 Å². The van der Waals surface area contributed by atoms with Crippen molar-refractivity contribution in [2.45, 2.75) is 38.1 Å². The Morgan fingerprint density at radius 3 is 2.58 bits per heavy atom. The number of benzene rings is 1. The monoisotopic (exact) mass is 504 g/mol. The van der Waals surface area contributed by atoms with E-state index in [0.29, 0.717) is 22.0 Å². The minimum atomic E-state index is -4.87. The number of nitrogens with two attached hydrogens (primary N) is 1. The third-order valence-corrected chi connectivity index (χ3v) is 5.99. The second-order valence-corrected chi connectivity index (χ2v) is 8.50. The number of primary amides is 1. The molecule has 36 heavy (non-hydrogen) atoms. The van der Waals surface area contributed by atoms with Crippen molar-refractivity contribution in [3.63, 3.8) is 0 Å². The first-order chi connectivity index (χ1) is 16.9. The van der Waals surface area contributed by atoms with Crippen molar-refractivity contribution in [2.24, 2.45) is 5.73 Å². The zero-order valence-electron chi connectivity index (χ0n) is 19.5. The summed E-state index contributed by atoms with van der Waals surface area (Å²) in [5.74, 6) is -1.53. The number of halogens is 4. The summed E-state index contributed by atoms with van der Waals surface area (Å²) in [5.41, 5.74) is 6.06. The molecule has 4 rings (SSSR count). The molecule has 1 amide bonds. The van der Waals surface area contributed by atoms with Gasteiger partial charge >= 0.3 is 6.18 Å². The van der Waals surface area contributed by atoms with Crippen molar-refractivity contribution in [1.29, 1.82) is 0 Å². The van der Waals surface area contributed by atoms with E-state index >= 15 is 0 Å². The topological polar surface area (TPSA) is 108 Å². The fraction of sp³-hybridized carbons (Fsp3) is 0.292. The molecule has 4 N–H and O–H groups in total. The summed E-state index contributed by atoms with van der Waals surface area (Å²) in [4.78, 5) is 19.8. The predicted octanol–water partition coefficient (Wildman–Crippen LogP) is 3.64. The van der Waals surface area contributed by atoms with E-state index in [-0.39, 0.29) is 29.9 Å². The molecule has 1 atom stereocenters. The number of pyridine rings is 2. The first-order valence-corrected chi connectivity index (χ1v) is 11.1. The number of hydrazine groups is 2. The van der Waals surface area contributed by atoms with E-state index in [2.05, 4.69) is 15.4 Å². The van der Waals surface area contributed by atoms with Gasteiger partial charge in [0.15, 0.2) is 0 Å². The average Bonchev–Trinajstić information content (AvgIpc) is 3.18. The Labute approximate surface area is 204 Å². The zero-order chi connectivity index (χ0) is 26.3.